The lowest BCUT2D eigenvalue weighted by Gasteiger charge is -2.36. The molecule has 0 aliphatic carbocycles. The fourth-order valence-electron chi connectivity index (χ4n) is 5.59. The summed E-state index contributed by atoms with van der Waals surface area (Å²) in [4.78, 5) is 28.2. The Bertz CT molecular complexity index is 449. The molecule has 2 heterocycles. The van der Waals surface area contributed by atoms with Gasteiger partial charge in [-0.3, -0.25) is 14.5 Å². The summed E-state index contributed by atoms with van der Waals surface area (Å²) in [5, 5.41) is 0. The van der Waals surface area contributed by atoms with Gasteiger partial charge in [0.25, 0.3) is 0 Å². The third kappa shape index (κ3) is 5.90. The second-order valence-corrected chi connectivity index (χ2v) is 9.42. The highest BCUT2D eigenvalue weighted by Crippen LogP contribution is 2.47. The normalized spacial score (nSPS) is 27.7. The zero-order chi connectivity index (χ0) is 20.4. The van der Waals surface area contributed by atoms with Gasteiger partial charge >= 0.3 is 0 Å². The molecule has 0 aromatic carbocycles. The molecular formula is C25H45NO2. The van der Waals surface area contributed by atoms with Gasteiger partial charge in [0.05, 0.1) is 12.1 Å². The highest BCUT2D eigenvalue weighted by Gasteiger charge is 2.58. The molecule has 162 valence electrons. The van der Waals surface area contributed by atoms with E-state index in [2.05, 4.69) is 25.7 Å². The van der Waals surface area contributed by atoms with E-state index >= 15 is 0 Å². The lowest BCUT2D eigenvalue weighted by atomic mass is 9.90. The van der Waals surface area contributed by atoms with E-state index in [1.807, 2.05) is 0 Å². The molecule has 0 spiro atoms. The van der Waals surface area contributed by atoms with Crippen LogP contribution in [0.5, 0.6) is 0 Å². The number of hydrogen-bond donors (Lipinski definition) is 0. The van der Waals surface area contributed by atoms with E-state index < -0.39 is 0 Å². The second-order valence-electron chi connectivity index (χ2n) is 9.42. The van der Waals surface area contributed by atoms with Crippen molar-refractivity contribution in [2.45, 2.75) is 148 Å². The summed E-state index contributed by atoms with van der Waals surface area (Å²) >= 11 is 0. The Morgan fingerprint density at radius 3 is 1.46 bits per heavy atom. The van der Waals surface area contributed by atoms with Crippen molar-refractivity contribution >= 4 is 11.6 Å². The predicted octanol–water partition coefficient (Wildman–Crippen LogP) is 6.62. The molecule has 2 unspecified atom stereocenters. The second kappa shape index (κ2) is 12.1. The van der Waals surface area contributed by atoms with Crippen LogP contribution in [0.15, 0.2) is 0 Å². The smallest absolute Gasteiger partial charge is 0.151 e. The van der Waals surface area contributed by atoms with Gasteiger partial charge in [-0.1, -0.05) is 97.8 Å². The summed E-state index contributed by atoms with van der Waals surface area (Å²) in [6, 6.07) is 0.0327. The van der Waals surface area contributed by atoms with Gasteiger partial charge in [0.1, 0.15) is 0 Å². The summed E-state index contributed by atoms with van der Waals surface area (Å²) in [5.74, 6) is 0.826. The van der Waals surface area contributed by atoms with Crippen LogP contribution in [0.1, 0.15) is 130 Å². The minimum absolute atomic E-state index is 0.0164. The molecule has 2 atom stereocenters. The summed E-state index contributed by atoms with van der Waals surface area (Å²) in [6.45, 7) is 6.67. The van der Waals surface area contributed by atoms with Gasteiger partial charge in [0.2, 0.25) is 0 Å². The molecule has 0 radical (unpaired) electrons. The van der Waals surface area contributed by atoms with Gasteiger partial charge in [0.15, 0.2) is 11.6 Å². The quantitative estimate of drug-likeness (QED) is 0.294. The van der Waals surface area contributed by atoms with Crippen molar-refractivity contribution in [2.24, 2.45) is 0 Å². The van der Waals surface area contributed by atoms with Crippen LogP contribution in [0.3, 0.4) is 0 Å². The van der Waals surface area contributed by atoms with Crippen LogP contribution in [0.4, 0.5) is 0 Å². The van der Waals surface area contributed by atoms with E-state index in [-0.39, 0.29) is 17.6 Å². The SMILES string of the molecule is CCCCCCCCC1C(=O)CC2(CC)CC(=O)C(CCCCCCCC)N12. The van der Waals surface area contributed by atoms with E-state index in [0.29, 0.717) is 24.4 Å². The van der Waals surface area contributed by atoms with Crippen molar-refractivity contribution in [3.63, 3.8) is 0 Å². The molecule has 0 saturated carbocycles. The maximum Gasteiger partial charge on any atom is 0.151 e. The monoisotopic (exact) mass is 391 g/mol. The number of Topliss-reactive ketones (excluding diaryl/α,β-unsaturated/α-hetero) is 2. The molecule has 3 nitrogen and oxygen atoms in total. The average Bonchev–Trinajstić information content (AvgIpc) is 3.10. The van der Waals surface area contributed by atoms with Crippen molar-refractivity contribution in [2.75, 3.05) is 0 Å². The highest BCUT2D eigenvalue weighted by atomic mass is 16.1. The minimum Gasteiger partial charge on any atom is -0.298 e. The summed E-state index contributed by atoms with van der Waals surface area (Å²) in [7, 11) is 0. The molecule has 3 heteroatoms. The van der Waals surface area contributed by atoms with Crippen molar-refractivity contribution in [1.29, 1.82) is 0 Å². The number of rotatable bonds is 15. The minimum atomic E-state index is -0.145. The van der Waals surface area contributed by atoms with Crippen LogP contribution >= 0.6 is 0 Å². The molecule has 2 rings (SSSR count). The Hall–Kier alpha value is -0.700. The molecule has 0 aromatic heterocycles. The standard InChI is InChI=1S/C25H45NO2/c1-4-7-9-11-13-15-17-21-23(27)19-25(6-3)20-24(28)22(26(21)25)18-16-14-12-10-8-5-2/h21-22H,4-20H2,1-3H3. The van der Waals surface area contributed by atoms with Gasteiger partial charge in [-0.2, -0.15) is 0 Å². The third-order valence-electron chi connectivity index (χ3n) is 7.29. The van der Waals surface area contributed by atoms with E-state index in [9.17, 15) is 9.59 Å². The van der Waals surface area contributed by atoms with Gasteiger partial charge < -0.3 is 0 Å². The number of hydrogen-bond acceptors (Lipinski definition) is 3. The molecule has 2 saturated heterocycles. The lowest BCUT2D eigenvalue weighted by Crippen LogP contribution is -2.47. The lowest BCUT2D eigenvalue weighted by molar-refractivity contribution is -0.123. The van der Waals surface area contributed by atoms with E-state index in [4.69, 9.17) is 0 Å². The van der Waals surface area contributed by atoms with Gasteiger partial charge in [-0.25, -0.2) is 0 Å². The zero-order valence-corrected chi connectivity index (χ0v) is 18.9. The highest BCUT2D eigenvalue weighted by molar-refractivity contribution is 5.95. The molecule has 0 amide bonds. The molecule has 2 fully saturated rings. The van der Waals surface area contributed by atoms with Crippen molar-refractivity contribution in [3.8, 4) is 0 Å². The summed E-state index contributed by atoms with van der Waals surface area (Å²) < 4.78 is 0. The largest absolute Gasteiger partial charge is 0.298 e. The fraction of sp³-hybridized carbons (Fsp3) is 0.920. The fourth-order valence-corrected chi connectivity index (χ4v) is 5.59. The van der Waals surface area contributed by atoms with Crippen molar-refractivity contribution in [3.05, 3.63) is 0 Å². The van der Waals surface area contributed by atoms with Crippen LogP contribution in [-0.2, 0) is 9.59 Å². The van der Waals surface area contributed by atoms with Gasteiger partial charge in [-0.05, 0) is 19.3 Å². The van der Waals surface area contributed by atoms with E-state index in [1.165, 1.54) is 64.2 Å². The zero-order valence-electron chi connectivity index (χ0n) is 18.9. The third-order valence-corrected chi connectivity index (χ3v) is 7.29. The van der Waals surface area contributed by atoms with Crippen LogP contribution in [-0.4, -0.2) is 34.1 Å². The van der Waals surface area contributed by atoms with Gasteiger partial charge in [-0.15, -0.1) is 0 Å². The Labute approximate surface area is 174 Å². The van der Waals surface area contributed by atoms with Crippen LogP contribution in [0.2, 0.25) is 0 Å². The molecule has 0 aromatic rings. The van der Waals surface area contributed by atoms with E-state index in [0.717, 1.165) is 32.1 Å². The predicted molar refractivity (Wildman–Crippen MR) is 118 cm³/mol. The van der Waals surface area contributed by atoms with Crippen LogP contribution < -0.4 is 0 Å². The Kier molecular flexibility index (Phi) is 10.2. The van der Waals surface area contributed by atoms with Crippen molar-refractivity contribution < 1.29 is 9.59 Å². The van der Waals surface area contributed by atoms with Crippen molar-refractivity contribution in [1.82, 2.24) is 4.90 Å². The number of unbranched alkanes of at least 4 members (excludes halogenated alkanes) is 10. The molecule has 2 aliphatic heterocycles. The molecule has 0 N–H and O–H groups in total. The molecule has 28 heavy (non-hydrogen) atoms. The summed E-state index contributed by atoms with van der Waals surface area (Å²) in [6.07, 6.45) is 19.2. The average molecular weight is 392 g/mol. The molecule has 0 bridgehead atoms. The number of carbonyl (C=O) groups excluding carboxylic acids is 2. The molecule has 2 aliphatic rings. The first kappa shape index (κ1) is 23.6. The number of ketones is 2. The summed E-state index contributed by atoms with van der Waals surface area (Å²) in [5.41, 5.74) is -0.145. The Morgan fingerprint density at radius 1 is 0.679 bits per heavy atom. The topological polar surface area (TPSA) is 37.4 Å². The molecular weight excluding hydrogens is 346 g/mol. The Morgan fingerprint density at radius 2 is 1.07 bits per heavy atom. The maximum atomic E-state index is 12.9. The first-order chi connectivity index (χ1) is 13.6. The van der Waals surface area contributed by atoms with E-state index in [1.54, 1.807) is 0 Å². The maximum absolute atomic E-state index is 12.9. The first-order valence-corrected chi connectivity index (χ1v) is 12.4. The number of nitrogens with zero attached hydrogens (tertiary/aromatic N) is 1. The van der Waals surface area contributed by atoms with Crippen LogP contribution in [0.25, 0.3) is 0 Å². The first-order valence-electron chi connectivity index (χ1n) is 12.4. The number of carbonyl (C=O) groups is 2. The number of fused-ring (bicyclic) bond motifs is 1. The Balaban J connectivity index is 1.90. The van der Waals surface area contributed by atoms with Crippen LogP contribution in [0, 0.1) is 0 Å². The van der Waals surface area contributed by atoms with Gasteiger partial charge in [0, 0.05) is 18.4 Å².